The Morgan fingerprint density at radius 2 is 1.40 bits per heavy atom. The molecule has 0 aliphatic heterocycles. The third-order valence-corrected chi connectivity index (χ3v) is 5.38. The lowest BCUT2D eigenvalue weighted by Gasteiger charge is -2.17. The fourth-order valence-electron chi connectivity index (χ4n) is 2.92. The summed E-state index contributed by atoms with van der Waals surface area (Å²) in [6.07, 6.45) is 0. The number of hydrogen-bond acceptors (Lipinski definition) is 7. The van der Waals surface area contributed by atoms with E-state index in [9.17, 15) is 4.79 Å². The van der Waals surface area contributed by atoms with Crippen LogP contribution in [0.4, 0.5) is 0 Å². The lowest BCUT2D eigenvalue weighted by atomic mass is 10.1. The predicted molar refractivity (Wildman–Crippen MR) is 134 cm³/mol. The maximum Gasteiger partial charge on any atom is 0.349 e. The molecule has 3 aromatic rings. The van der Waals surface area contributed by atoms with Crippen molar-refractivity contribution in [2.45, 2.75) is 13.2 Å². The third kappa shape index (κ3) is 7.18. The first-order chi connectivity index (χ1) is 16.9. The molecule has 35 heavy (non-hydrogen) atoms. The number of rotatable bonds is 11. The highest BCUT2D eigenvalue weighted by molar-refractivity contribution is 6.35. The molecule has 0 aliphatic rings. The van der Waals surface area contributed by atoms with Crippen LogP contribution < -0.4 is 24.7 Å². The molecule has 0 atom stereocenters. The highest BCUT2D eigenvalue weighted by Gasteiger charge is 2.18. The number of hydrogen-bond donors (Lipinski definition) is 1. The molecule has 0 amide bonds. The molecule has 2 N–H and O–H groups in total. The number of alkyl halides is 1. The minimum Gasteiger partial charge on any atom is -0.497 e. The Hall–Kier alpha value is -3.62. The van der Waals surface area contributed by atoms with Crippen molar-refractivity contribution in [1.29, 1.82) is 0 Å². The molecular formula is C25H24Cl2N2O6. The predicted octanol–water partition coefficient (Wildman–Crippen LogP) is 4.92. The van der Waals surface area contributed by atoms with Gasteiger partial charge in [-0.1, -0.05) is 41.0 Å². The largest absolute Gasteiger partial charge is 0.497 e. The van der Waals surface area contributed by atoms with Crippen LogP contribution in [0.25, 0.3) is 0 Å². The minimum atomic E-state index is -0.749. The molecule has 10 heteroatoms. The van der Waals surface area contributed by atoms with Gasteiger partial charge in [-0.3, -0.25) is 0 Å². The maximum absolute atomic E-state index is 11.3. The van der Waals surface area contributed by atoms with Crippen LogP contribution in [0.1, 0.15) is 16.7 Å². The van der Waals surface area contributed by atoms with Crippen molar-refractivity contribution in [3.63, 3.8) is 0 Å². The van der Waals surface area contributed by atoms with E-state index < -0.39 is 5.97 Å². The number of oxime groups is 1. The molecule has 0 aliphatic carbocycles. The quantitative estimate of drug-likeness (QED) is 0.126. The standard InChI is InChI=1S/C25H24Cl2N2O6/c1-31-18-7-3-16(4-8-18)14-33-21-12-11-20(25(28)29-35-22(30)13-26)23(27)24(21)34-15-17-5-9-19(32-2)10-6-17/h3-12H,13-15H2,1-2H3,(H2,28,29). The Bertz CT molecular complexity index is 1170. The van der Waals surface area contributed by atoms with Gasteiger partial charge in [-0.05, 0) is 47.5 Å². The van der Waals surface area contributed by atoms with E-state index in [1.807, 2.05) is 48.5 Å². The fourth-order valence-corrected chi connectivity index (χ4v) is 3.27. The Morgan fingerprint density at radius 1 is 0.857 bits per heavy atom. The van der Waals surface area contributed by atoms with Crippen molar-refractivity contribution >= 4 is 35.0 Å². The van der Waals surface area contributed by atoms with Crippen LogP contribution in [0.2, 0.25) is 5.02 Å². The van der Waals surface area contributed by atoms with Crippen LogP contribution in [-0.4, -0.2) is 31.9 Å². The lowest BCUT2D eigenvalue weighted by Crippen LogP contribution is -2.16. The first-order valence-corrected chi connectivity index (χ1v) is 11.3. The summed E-state index contributed by atoms with van der Waals surface area (Å²) < 4.78 is 22.4. The average Bonchev–Trinajstić information content (AvgIpc) is 2.90. The van der Waals surface area contributed by atoms with Gasteiger partial charge in [0.25, 0.3) is 0 Å². The van der Waals surface area contributed by atoms with Crippen LogP contribution in [0.15, 0.2) is 65.8 Å². The van der Waals surface area contributed by atoms with Crippen LogP contribution in [-0.2, 0) is 22.8 Å². The first kappa shape index (κ1) is 26.0. The van der Waals surface area contributed by atoms with Crippen molar-refractivity contribution in [3.05, 3.63) is 82.4 Å². The van der Waals surface area contributed by atoms with E-state index in [4.69, 9.17) is 47.9 Å². The van der Waals surface area contributed by atoms with Crippen molar-refractivity contribution in [1.82, 2.24) is 0 Å². The van der Waals surface area contributed by atoms with Gasteiger partial charge in [0.2, 0.25) is 0 Å². The second-order valence-electron chi connectivity index (χ2n) is 7.10. The summed E-state index contributed by atoms with van der Waals surface area (Å²) in [7, 11) is 3.20. The normalized spacial score (nSPS) is 11.0. The van der Waals surface area contributed by atoms with E-state index in [2.05, 4.69) is 9.99 Å². The molecule has 0 heterocycles. The molecule has 8 nitrogen and oxygen atoms in total. The Balaban J connectivity index is 1.86. The molecular weight excluding hydrogens is 495 g/mol. The lowest BCUT2D eigenvalue weighted by molar-refractivity contribution is -0.140. The smallest absolute Gasteiger partial charge is 0.349 e. The van der Waals surface area contributed by atoms with Crippen molar-refractivity contribution in [2.75, 3.05) is 20.1 Å². The van der Waals surface area contributed by atoms with E-state index in [0.717, 1.165) is 22.6 Å². The van der Waals surface area contributed by atoms with Crippen LogP contribution in [0.5, 0.6) is 23.0 Å². The van der Waals surface area contributed by atoms with Crippen LogP contribution in [0.3, 0.4) is 0 Å². The summed E-state index contributed by atoms with van der Waals surface area (Å²) in [5, 5.41) is 3.75. The monoisotopic (exact) mass is 518 g/mol. The van der Waals surface area contributed by atoms with Gasteiger partial charge in [-0.15, -0.1) is 11.6 Å². The number of methoxy groups -OCH3 is 2. The SMILES string of the molecule is COc1ccc(COc2ccc(C(N)=NOC(=O)CCl)c(Cl)c2OCc2ccc(OC)cc2)cc1. The summed E-state index contributed by atoms with van der Waals surface area (Å²) in [5.74, 6) is 0.899. The van der Waals surface area contributed by atoms with E-state index in [1.165, 1.54) is 0 Å². The summed E-state index contributed by atoms with van der Waals surface area (Å²) in [6.45, 7) is 0.458. The molecule has 0 aromatic heterocycles. The maximum atomic E-state index is 11.3. The van der Waals surface area contributed by atoms with Gasteiger partial charge in [0, 0.05) is 5.56 Å². The average molecular weight is 519 g/mol. The molecule has 0 saturated heterocycles. The molecule has 3 aromatic carbocycles. The number of nitrogens with two attached hydrogens (primary N) is 1. The van der Waals surface area contributed by atoms with E-state index in [-0.39, 0.29) is 35.7 Å². The molecule has 0 bridgehead atoms. The number of amidine groups is 1. The number of carbonyl (C=O) groups is 1. The topological polar surface area (TPSA) is 102 Å². The minimum absolute atomic E-state index is 0.121. The van der Waals surface area contributed by atoms with E-state index in [1.54, 1.807) is 26.4 Å². The molecule has 0 spiro atoms. The summed E-state index contributed by atoms with van der Waals surface area (Å²) in [5.41, 5.74) is 8.07. The number of ether oxygens (including phenoxy) is 4. The zero-order chi connectivity index (χ0) is 25.2. The molecule has 0 unspecified atom stereocenters. The first-order valence-electron chi connectivity index (χ1n) is 10.4. The van der Waals surface area contributed by atoms with Gasteiger partial charge in [-0.25, -0.2) is 4.79 Å². The highest BCUT2D eigenvalue weighted by Crippen LogP contribution is 2.39. The van der Waals surface area contributed by atoms with Gasteiger partial charge < -0.3 is 29.5 Å². The molecule has 0 radical (unpaired) electrons. The fraction of sp³-hybridized carbons (Fsp3) is 0.200. The number of halogens is 2. The van der Waals surface area contributed by atoms with Crippen molar-refractivity contribution < 1.29 is 28.6 Å². The van der Waals surface area contributed by atoms with Gasteiger partial charge in [0.1, 0.15) is 30.6 Å². The zero-order valence-electron chi connectivity index (χ0n) is 19.1. The molecule has 3 rings (SSSR count). The van der Waals surface area contributed by atoms with Crippen LogP contribution >= 0.6 is 23.2 Å². The summed E-state index contributed by atoms with van der Waals surface area (Å²) in [4.78, 5) is 16.0. The van der Waals surface area contributed by atoms with Crippen molar-refractivity contribution in [2.24, 2.45) is 10.9 Å². The molecule has 184 valence electrons. The highest BCUT2D eigenvalue weighted by atomic mass is 35.5. The zero-order valence-corrected chi connectivity index (χ0v) is 20.6. The number of carbonyl (C=O) groups excluding carboxylic acids is 1. The Morgan fingerprint density at radius 3 is 1.91 bits per heavy atom. The Kier molecular flexibility index (Phi) is 9.46. The second-order valence-corrected chi connectivity index (χ2v) is 7.75. The second kappa shape index (κ2) is 12.7. The van der Waals surface area contributed by atoms with Gasteiger partial charge in [0.15, 0.2) is 17.3 Å². The molecule has 0 saturated carbocycles. The van der Waals surface area contributed by atoms with E-state index in [0.29, 0.717) is 11.3 Å². The summed E-state index contributed by atoms with van der Waals surface area (Å²) in [6, 6.07) is 18.1. The third-order valence-electron chi connectivity index (χ3n) is 4.79. The van der Waals surface area contributed by atoms with Gasteiger partial charge >= 0.3 is 5.97 Å². The number of benzene rings is 3. The van der Waals surface area contributed by atoms with E-state index >= 15 is 0 Å². The van der Waals surface area contributed by atoms with Gasteiger partial charge in [0.05, 0.1) is 19.2 Å². The summed E-state index contributed by atoms with van der Waals surface area (Å²) >= 11 is 12.0. The molecule has 0 fully saturated rings. The van der Waals surface area contributed by atoms with Crippen LogP contribution in [0, 0.1) is 0 Å². The van der Waals surface area contributed by atoms with Gasteiger partial charge in [-0.2, -0.15) is 0 Å². The Labute approximate surface area is 213 Å². The number of nitrogens with zero attached hydrogens (tertiary/aromatic N) is 1. The van der Waals surface area contributed by atoms with Crippen molar-refractivity contribution in [3.8, 4) is 23.0 Å².